The lowest BCUT2D eigenvalue weighted by Crippen LogP contribution is -2.29. The van der Waals surface area contributed by atoms with Gasteiger partial charge in [0.25, 0.3) is 0 Å². The molecule has 1 saturated heterocycles. The highest BCUT2D eigenvalue weighted by Crippen LogP contribution is 2.36. The maximum atomic E-state index is 4.79. The molecule has 5 heteroatoms. The lowest BCUT2D eigenvalue weighted by Gasteiger charge is -2.19. The van der Waals surface area contributed by atoms with Crippen molar-refractivity contribution in [3.05, 3.63) is 41.7 Å². The third-order valence-corrected chi connectivity index (χ3v) is 5.75. The Bertz CT molecular complexity index is 828. The summed E-state index contributed by atoms with van der Waals surface area (Å²) in [4.78, 5) is 2.49. The minimum absolute atomic E-state index is 0.589. The number of aryl methyl sites for hydroxylation is 2. The van der Waals surface area contributed by atoms with Gasteiger partial charge in [-0.25, -0.2) is 0 Å². The minimum atomic E-state index is 0.589. The second-order valence-electron chi connectivity index (χ2n) is 6.33. The molecule has 0 radical (unpaired) electrons. The maximum absolute atomic E-state index is 4.79. The highest BCUT2D eigenvalue weighted by Gasteiger charge is 2.24. The number of hydrogen-bond acceptors (Lipinski definition) is 4. The van der Waals surface area contributed by atoms with Crippen LogP contribution in [0.4, 0.5) is 5.69 Å². The van der Waals surface area contributed by atoms with Crippen LogP contribution in [0, 0.1) is 13.8 Å². The molecule has 0 spiro atoms. The fraction of sp³-hybridized carbons (Fsp3) is 0.389. The van der Waals surface area contributed by atoms with Crippen LogP contribution in [0.15, 0.2) is 30.3 Å². The number of nitrogens with one attached hydrogen (secondary N) is 1. The van der Waals surface area contributed by atoms with E-state index in [1.54, 1.807) is 11.5 Å². The highest BCUT2D eigenvalue weighted by molar-refractivity contribution is 7.14. The third kappa shape index (κ3) is 2.35. The van der Waals surface area contributed by atoms with E-state index in [0.717, 1.165) is 18.9 Å². The second-order valence-corrected chi connectivity index (χ2v) is 7.11. The molecule has 0 aliphatic carbocycles. The van der Waals surface area contributed by atoms with Crippen LogP contribution in [0.2, 0.25) is 0 Å². The van der Waals surface area contributed by atoms with Gasteiger partial charge in [-0.3, -0.25) is 0 Å². The van der Waals surface area contributed by atoms with E-state index in [-0.39, 0.29) is 0 Å². The summed E-state index contributed by atoms with van der Waals surface area (Å²) in [6.45, 7) is 6.46. The van der Waals surface area contributed by atoms with E-state index in [9.17, 15) is 0 Å². The standard InChI is InChI=1S/C18H22N4S/c1-12-7-8-13(2)22(12)18-15-5-4-6-16(17(15)23-20-18)21-10-9-14(11-21)19-3/h4-8,14,19H,9-11H2,1-3H3. The first-order valence-electron chi connectivity index (χ1n) is 8.15. The van der Waals surface area contributed by atoms with Gasteiger partial charge in [-0.15, -0.1) is 0 Å². The van der Waals surface area contributed by atoms with Crippen LogP contribution in [0.1, 0.15) is 17.8 Å². The smallest absolute Gasteiger partial charge is 0.158 e. The van der Waals surface area contributed by atoms with Crippen molar-refractivity contribution in [3.8, 4) is 5.82 Å². The Balaban J connectivity index is 1.81. The molecule has 3 aromatic rings. The van der Waals surface area contributed by atoms with Crippen LogP contribution in [0.3, 0.4) is 0 Å². The molecule has 3 heterocycles. The average Bonchev–Trinajstić information content (AvgIpc) is 3.26. The number of aromatic nitrogens is 2. The van der Waals surface area contributed by atoms with E-state index in [1.165, 1.54) is 33.6 Å². The van der Waals surface area contributed by atoms with Crippen molar-refractivity contribution in [2.75, 3.05) is 25.0 Å². The Morgan fingerprint density at radius 2 is 1.96 bits per heavy atom. The quantitative estimate of drug-likeness (QED) is 0.800. The molecule has 4 rings (SSSR count). The molecule has 0 bridgehead atoms. The van der Waals surface area contributed by atoms with Gasteiger partial charge in [-0.05, 0) is 63.1 Å². The summed E-state index contributed by atoms with van der Waals surface area (Å²) in [7, 11) is 2.05. The summed E-state index contributed by atoms with van der Waals surface area (Å²) in [5.41, 5.74) is 3.79. The van der Waals surface area contributed by atoms with Gasteiger partial charge in [0.2, 0.25) is 0 Å². The second kappa shape index (κ2) is 5.65. The van der Waals surface area contributed by atoms with E-state index in [1.807, 2.05) is 0 Å². The number of likely N-dealkylation sites (N-methyl/N-ethyl adjacent to an activating group) is 1. The largest absolute Gasteiger partial charge is 0.369 e. The van der Waals surface area contributed by atoms with Crippen molar-refractivity contribution in [3.63, 3.8) is 0 Å². The molecule has 1 fully saturated rings. The Kier molecular flexibility index (Phi) is 3.62. The number of anilines is 1. The molecule has 4 nitrogen and oxygen atoms in total. The zero-order chi connectivity index (χ0) is 16.0. The molecule has 1 N–H and O–H groups in total. The minimum Gasteiger partial charge on any atom is -0.369 e. The summed E-state index contributed by atoms with van der Waals surface area (Å²) in [6, 6.07) is 11.5. The summed E-state index contributed by atoms with van der Waals surface area (Å²) in [6.07, 6.45) is 1.20. The van der Waals surface area contributed by atoms with E-state index in [2.05, 4.69) is 66.0 Å². The van der Waals surface area contributed by atoms with Crippen LogP contribution < -0.4 is 10.2 Å². The van der Waals surface area contributed by atoms with Crippen molar-refractivity contribution < 1.29 is 0 Å². The zero-order valence-electron chi connectivity index (χ0n) is 13.8. The summed E-state index contributed by atoms with van der Waals surface area (Å²) in [5, 5.41) is 4.65. The molecule has 0 amide bonds. The predicted molar refractivity (Wildman–Crippen MR) is 98.1 cm³/mol. The lowest BCUT2D eigenvalue weighted by molar-refractivity contribution is 0.617. The van der Waals surface area contributed by atoms with Gasteiger partial charge in [-0.2, -0.15) is 4.37 Å². The summed E-state index contributed by atoms with van der Waals surface area (Å²) >= 11 is 1.62. The van der Waals surface area contributed by atoms with Crippen LogP contribution in [-0.2, 0) is 0 Å². The molecular formula is C18H22N4S. The van der Waals surface area contributed by atoms with Crippen molar-refractivity contribution in [1.29, 1.82) is 0 Å². The maximum Gasteiger partial charge on any atom is 0.158 e. The van der Waals surface area contributed by atoms with Crippen LogP contribution >= 0.6 is 11.5 Å². The third-order valence-electron chi connectivity index (χ3n) is 4.88. The monoisotopic (exact) mass is 326 g/mol. The van der Waals surface area contributed by atoms with Crippen molar-refractivity contribution >= 4 is 27.3 Å². The number of benzene rings is 1. The first kappa shape index (κ1) is 14.7. The number of nitrogens with zero attached hydrogens (tertiary/aromatic N) is 3. The molecule has 1 aromatic carbocycles. The molecule has 23 heavy (non-hydrogen) atoms. The van der Waals surface area contributed by atoms with Crippen molar-refractivity contribution in [1.82, 2.24) is 14.3 Å². The Morgan fingerprint density at radius 3 is 2.65 bits per heavy atom. The predicted octanol–water partition coefficient (Wildman–Crippen LogP) is 3.50. The van der Waals surface area contributed by atoms with E-state index < -0.39 is 0 Å². The number of hydrogen-bond donors (Lipinski definition) is 1. The Morgan fingerprint density at radius 1 is 1.17 bits per heavy atom. The lowest BCUT2D eigenvalue weighted by atomic mass is 10.2. The van der Waals surface area contributed by atoms with Gasteiger partial charge in [0.05, 0.1) is 10.4 Å². The topological polar surface area (TPSA) is 33.1 Å². The first-order valence-corrected chi connectivity index (χ1v) is 8.92. The molecule has 1 atom stereocenters. The van der Waals surface area contributed by atoms with Crippen molar-refractivity contribution in [2.24, 2.45) is 0 Å². The van der Waals surface area contributed by atoms with Crippen molar-refractivity contribution in [2.45, 2.75) is 26.3 Å². The number of rotatable bonds is 3. The molecule has 1 unspecified atom stereocenters. The van der Waals surface area contributed by atoms with Gasteiger partial charge in [0.15, 0.2) is 5.82 Å². The van der Waals surface area contributed by atoms with E-state index >= 15 is 0 Å². The SMILES string of the molecule is CNC1CCN(c2cccc3c(-n4c(C)ccc4C)nsc23)C1. The van der Waals surface area contributed by atoms with Crippen LogP contribution in [-0.4, -0.2) is 35.1 Å². The summed E-state index contributed by atoms with van der Waals surface area (Å²) in [5.74, 6) is 1.07. The Hall–Kier alpha value is -1.85. The van der Waals surface area contributed by atoms with Gasteiger partial charge in [-0.1, -0.05) is 6.07 Å². The normalized spacial score (nSPS) is 18.2. The van der Waals surface area contributed by atoms with Gasteiger partial charge in [0, 0.05) is 35.9 Å². The van der Waals surface area contributed by atoms with Crippen LogP contribution in [0.25, 0.3) is 15.9 Å². The highest BCUT2D eigenvalue weighted by atomic mass is 32.1. The van der Waals surface area contributed by atoms with Crippen LogP contribution in [0.5, 0.6) is 0 Å². The zero-order valence-corrected chi connectivity index (χ0v) is 14.7. The van der Waals surface area contributed by atoms with E-state index in [4.69, 9.17) is 4.37 Å². The molecule has 1 aliphatic heterocycles. The molecular weight excluding hydrogens is 304 g/mol. The summed E-state index contributed by atoms with van der Waals surface area (Å²) < 4.78 is 8.34. The average molecular weight is 326 g/mol. The fourth-order valence-corrected chi connectivity index (χ4v) is 4.47. The fourth-order valence-electron chi connectivity index (χ4n) is 3.56. The molecule has 120 valence electrons. The van der Waals surface area contributed by atoms with Gasteiger partial charge in [0.1, 0.15) is 0 Å². The van der Waals surface area contributed by atoms with Gasteiger partial charge >= 0.3 is 0 Å². The Labute approximate surface area is 140 Å². The van der Waals surface area contributed by atoms with E-state index in [0.29, 0.717) is 6.04 Å². The molecule has 2 aromatic heterocycles. The molecule has 0 saturated carbocycles. The molecule has 1 aliphatic rings. The van der Waals surface area contributed by atoms with Gasteiger partial charge < -0.3 is 14.8 Å². The number of fused-ring (bicyclic) bond motifs is 1. The first-order chi connectivity index (χ1) is 11.2.